The number of hydrogen-bond acceptors (Lipinski definition) is 5. The van der Waals surface area contributed by atoms with Crippen molar-refractivity contribution >= 4 is 0 Å². The Morgan fingerprint density at radius 3 is 2.14 bits per heavy atom. The van der Waals surface area contributed by atoms with Crippen LogP contribution >= 0.6 is 0 Å². The summed E-state index contributed by atoms with van der Waals surface area (Å²) in [4.78, 5) is 0. The van der Waals surface area contributed by atoms with Crippen molar-refractivity contribution in [2.75, 3.05) is 26.9 Å². The summed E-state index contributed by atoms with van der Waals surface area (Å²) in [6.45, 7) is 1.35. The number of hydrogen-bond donors (Lipinski definition) is 3. The molecule has 0 aromatic rings. The van der Waals surface area contributed by atoms with Crippen molar-refractivity contribution in [2.24, 2.45) is 5.92 Å². The molecule has 0 aromatic heterocycles. The number of ether oxygens (including phenoxy) is 2. The van der Waals surface area contributed by atoms with E-state index in [9.17, 15) is 0 Å². The lowest BCUT2D eigenvalue weighted by Crippen LogP contribution is -2.34. The highest BCUT2D eigenvalue weighted by atomic mass is 16.7. The molecule has 0 amide bonds. The monoisotopic (exact) mass is 208 g/mol. The SMILES string of the molecule is COC(C)OC(CO)C(CO)CCO. The average molecular weight is 208 g/mol. The molecule has 3 atom stereocenters. The van der Waals surface area contributed by atoms with Gasteiger partial charge in [0.1, 0.15) is 0 Å². The quantitative estimate of drug-likeness (QED) is 0.462. The Bertz CT molecular complexity index is 130. The van der Waals surface area contributed by atoms with Gasteiger partial charge in [-0.05, 0) is 13.3 Å². The molecule has 0 rings (SSSR count). The van der Waals surface area contributed by atoms with Crippen LogP contribution in [-0.2, 0) is 9.47 Å². The predicted octanol–water partition coefficient (Wildman–Crippen LogP) is -0.653. The van der Waals surface area contributed by atoms with E-state index in [1.807, 2.05) is 0 Å². The first-order chi connectivity index (χ1) is 6.69. The summed E-state index contributed by atoms with van der Waals surface area (Å²) in [5.74, 6) is -0.261. The maximum atomic E-state index is 9.03. The van der Waals surface area contributed by atoms with Gasteiger partial charge in [-0.25, -0.2) is 0 Å². The van der Waals surface area contributed by atoms with Gasteiger partial charge in [0.05, 0.1) is 12.7 Å². The third-order valence-electron chi connectivity index (χ3n) is 2.14. The van der Waals surface area contributed by atoms with Gasteiger partial charge in [0.25, 0.3) is 0 Å². The molecular formula is C9H20O5. The van der Waals surface area contributed by atoms with E-state index in [1.54, 1.807) is 6.92 Å². The highest BCUT2D eigenvalue weighted by molar-refractivity contribution is 4.69. The Morgan fingerprint density at radius 2 is 1.79 bits per heavy atom. The average Bonchev–Trinajstić information content (AvgIpc) is 2.22. The van der Waals surface area contributed by atoms with Crippen LogP contribution in [-0.4, -0.2) is 54.6 Å². The number of aliphatic hydroxyl groups is 3. The van der Waals surface area contributed by atoms with E-state index in [0.717, 1.165) is 0 Å². The fraction of sp³-hybridized carbons (Fsp3) is 1.00. The molecule has 0 aliphatic rings. The van der Waals surface area contributed by atoms with E-state index < -0.39 is 12.4 Å². The van der Waals surface area contributed by atoms with Crippen LogP contribution in [0.4, 0.5) is 0 Å². The third kappa shape index (κ3) is 4.88. The van der Waals surface area contributed by atoms with Crippen molar-refractivity contribution in [1.29, 1.82) is 0 Å². The van der Waals surface area contributed by atoms with Crippen LogP contribution in [0.5, 0.6) is 0 Å². The molecule has 0 fully saturated rings. The molecule has 3 unspecified atom stereocenters. The number of rotatable bonds is 8. The van der Waals surface area contributed by atoms with Crippen molar-refractivity contribution in [1.82, 2.24) is 0 Å². The van der Waals surface area contributed by atoms with E-state index in [2.05, 4.69) is 0 Å². The Labute approximate surface area is 84.3 Å². The van der Waals surface area contributed by atoms with Crippen molar-refractivity contribution in [3.63, 3.8) is 0 Å². The second-order valence-corrected chi connectivity index (χ2v) is 3.12. The smallest absolute Gasteiger partial charge is 0.154 e. The molecule has 0 aromatic carbocycles. The number of methoxy groups -OCH3 is 1. The van der Waals surface area contributed by atoms with Gasteiger partial charge in [-0.3, -0.25) is 0 Å². The van der Waals surface area contributed by atoms with Crippen LogP contribution in [0.3, 0.4) is 0 Å². The lowest BCUT2D eigenvalue weighted by atomic mass is 10.0. The van der Waals surface area contributed by atoms with Gasteiger partial charge in [0, 0.05) is 26.2 Å². The van der Waals surface area contributed by atoms with Crippen LogP contribution in [0.25, 0.3) is 0 Å². The van der Waals surface area contributed by atoms with Crippen LogP contribution in [0.15, 0.2) is 0 Å². The molecule has 0 spiro atoms. The molecule has 0 bridgehead atoms. The van der Waals surface area contributed by atoms with E-state index in [1.165, 1.54) is 7.11 Å². The molecule has 14 heavy (non-hydrogen) atoms. The topological polar surface area (TPSA) is 79.2 Å². The Hall–Kier alpha value is -0.200. The van der Waals surface area contributed by atoms with Gasteiger partial charge in [-0.1, -0.05) is 0 Å². The molecule has 0 radical (unpaired) electrons. The minimum Gasteiger partial charge on any atom is -0.396 e. The van der Waals surface area contributed by atoms with Gasteiger partial charge in [-0.2, -0.15) is 0 Å². The molecule has 3 N–H and O–H groups in total. The fourth-order valence-corrected chi connectivity index (χ4v) is 1.17. The standard InChI is InChI=1S/C9H20O5/c1-7(13-2)14-9(6-12)8(5-11)3-4-10/h7-12H,3-6H2,1-2H3. The molecule has 0 aliphatic heterocycles. The first-order valence-corrected chi connectivity index (χ1v) is 4.70. The summed E-state index contributed by atoms with van der Waals surface area (Å²) in [6.07, 6.45) is -0.528. The summed E-state index contributed by atoms with van der Waals surface area (Å²) < 4.78 is 10.2. The largest absolute Gasteiger partial charge is 0.396 e. The normalized spacial score (nSPS) is 17.8. The zero-order chi connectivity index (χ0) is 11.0. The van der Waals surface area contributed by atoms with Gasteiger partial charge < -0.3 is 24.8 Å². The van der Waals surface area contributed by atoms with E-state index in [4.69, 9.17) is 24.8 Å². The Balaban J connectivity index is 4.06. The Morgan fingerprint density at radius 1 is 1.14 bits per heavy atom. The summed E-state index contributed by atoms with van der Waals surface area (Å²) in [5.41, 5.74) is 0. The van der Waals surface area contributed by atoms with Gasteiger partial charge >= 0.3 is 0 Å². The summed E-state index contributed by atoms with van der Waals surface area (Å²) in [5, 5.41) is 26.8. The van der Waals surface area contributed by atoms with Crippen LogP contribution < -0.4 is 0 Å². The second kappa shape index (κ2) is 8.14. The lowest BCUT2D eigenvalue weighted by Gasteiger charge is -2.26. The molecule has 0 saturated heterocycles. The zero-order valence-electron chi connectivity index (χ0n) is 8.72. The minimum absolute atomic E-state index is 0.0353. The highest BCUT2D eigenvalue weighted by Crippen LogP contribution is 2.13. The predicted molar refractivity (Wildman–Crippen MR) is 50.7 cm³/mol. The molecular weight excluding hydrogens is 188 g/mol. The summed E-state index contributed by atoms with van der Waals surface area (Å²) in [6, 6.07) is 0. The van der Waals surface area contributed by atoms with Crippen LogP contribution in [0.2, 0.25) is 0 Å². The molecule has 0 aliphatic carbocycles. The van der Waals surface area contributed by atoms with Crippen molar-refractivity contribution in [3.8, 4) is 0 Å². The van der Waals surface area contributed by atoms with Gasteiger partial charge in [0.15, 0.2) is 6.29 Å². The van der Waals surface area contributed by atoms with Crippen LogP contribution in [0, 0.1) is 5.92 Å². The molecule has 86 valence electrons. The lowest BCUT2D eigenvalue weighted by molar-refractivity contribution is -0.173. The Kier molecular flexibility index (Phi) is 8.02. The first kappa shape index (κ1) is 13.8. The van der Waals surface area contributed by atoms with E-state index >= 15 is 0 Å². The zero-order valence-corrected chi connectivity index (χ0v) is 8.72. The third-order valence-corrected chi connectivity index (χ3v) is 2.14. The fourth-order valence-electron chi connectivity index (χ4n) is 1.17. The van der Waals surface area contributed by atoms with E-state index in [-0.39, 0.29) is 25.7 Å². The summed E-state index contributed by atoms with van der Waals surface area (Å²) in [7, 11) is 1.50. The second-order valence-electron chi connectivity index (χ2n) is 3.12. The van der Waals surface area contributed by atoms with Crippen molar-refractivity contribution in [2.45, 2.75) is 25.7 Å². The molecule has 5 nitrogen and oxygen atoms in total. The van der Waals surface area contributed by atoms with Crippen molar-refractivity contribution < 1.29 is 24.8 Å². The first-order valence-electron chi connectivity index (χ1n) is 4.70. The van der Waals surface area contributed by atoms with Crippen LogP contribution in [0.1, 0.15) is 13.3 Å². The number of aliphatic hydroxyl groups excluding tert-OH is 3. The maximum absolute atomic E-state index is 9.03. The molecule has 0 saturated carbocycles. The minimum atomic E-state index is -0.498. The highest BCUT2D eigenvalue weighted by Gasteiger charge is 2.22. The van der Waals surface area contributed by atoms with E-state index in [0.29, 0.717) is 6.42 Å². The van der Waals surface area contributed by atoms with Gasteiger partial charge in [0.2, 0.25) is 0 Å². The van der Waals surface area contributed by atoms with Gasteiger partial charge in [-0.15, -0.1) is 0 Å². The van der Waals surface area contributed by atoms with Crippen molar-refractivity contribution in [3.05, 3.63) is 0 Å². The maximum Gasteiger partial charge on any atom is 0.154 e. The molecule has 0 heterocycles. The molecule has 5 heteroatoms. The summed E-state index contributed by atoms with van der Waals surface area (Å²) >= 11 is 0.